The van der Waals surface area contributed by atoms with Gasteiger partial charge in [0.2, 0.25) is 5.96 Å². The lowest BCUT2D eigenvalue weighted by molar-refractivity contribution is 0.0600. The highest BCUT2D eigenvalue weighted by Crippen LogP contribution is 2.14. The zero-order valence-electron chi connectivity index (χ0n) is 19.7. The summed E-state index contributed by atoms with van der Waals surface area (Å²) in [6.45, 7) is 6.66. The van der Waals surface area contributed by atoms with Crippen LogP contribution in [0, 0.1) is 19.7 Å². The second-order valence-corrected chi connectivity index (χ2v) is 7.78. The lowest BCUT2D eigenvalue weighted by atomic mass is 10.1. The number of anilines is 1. The second kappa shape index (κ2) is 11.2. The SMILES string of the molecule is CCCn1cc(CN=C(NC(=O)c2ccc(C)c(F)c2)Nc2cccc(C(=O)OC)c2)c(C)n1. The monoisotopic (exact) mass is 465 g/mol. The summed E-state index contributed by atoms with van der Waals surface area (Å²) in [5.74, 6) is -1.33. The molecule has 1 aromatic heterocycles. The Balaban J connectivity index is 1.87. The summed E-state index contributed by atoms with van der Waals surface area (Å²) < 4.78 is 20.6. The average Bonchev–Trinajstić information content (AvgIpc) is 3.17. The molecular formula is C25H28FN5O3. The number of carbonyl (C=O) groups excluding carboxylic acids is 2. The number of ether oxygens (including phenoxy) is 1. The molecule has 9 heteroatoms. The second-order valence-electron chi connectivity index (χ2n) is 7.78. The Morgan fingerprint density at radius 3 is 2.65 bits per heavy atom. The molecule has 3 aromatic rings. The molecule has 0 bridgehead atoms. The molecule has 8 nitrogen and oxygen atoms in total. The van der Waals surface area contributed by atoms with Gasteiger partial charge in [0.1, 0.15) is 5.82 Å². The Hall–Kier alpha value is -4.01. The van der Waals surface area contributed by atoms with Gasteiger partial charge in [-0.3, -0.25) is 14.8 Å². The van der Waals surface area contributed by atoms with Crippen molar-refractivity contribution in [2.75, 3.05) is 12.4 Å². The van der Waals surface area contributed by atoms with Gasteiger partial charge in [-0.05, 0) is 56.2 Å². The molecule has 0 atom stereocenters. The average molecular weight is 466 g/mol. The molecular weight excluding hydrogens is 437 g/mol. The highest BCUT2D eigenvalue weighted by molar-refractivity contribution is 6.10. The number of rotatable bonds is 7. The van der Waals surface area contributed by atoms with Gasteiger partial charge in [-0.2, -0.15) is 5.10 Å². The molecule has 2 aromatic carbocycles. The largest absolute Gasteiger partial charge is 0.465 e. The number of benzene rings is 2. The summed E-state index contributed by atoms with van der Waals surface area (Å²) in [4.78, 5) is 29.2. The quantitative estimate of drug-likeness (QED) is 0.309. The minimum atomic E-state index is -0.521. The zero-order chi connectivity index (χ0) is 24.7. The standard InChI is InChI=1S/C25H28FN5O3/c1-5-11-31-15-20(17(3)30-31)14-27-25(28-21-8-6-7-19(12-21)24(33)34-4)29-23(32)18-10-9-16(2)22(26)13-18/h6-10,12-13,15H,5,11,14H2,1-4H3,(H2,27,28,29,32). The van der Waals surface area contributed by atoms with Gasteiger partial charge < -0.3 is 10.1 Å². The van der Waals surface area contributed by atoms with E-state index in [2.05, 4.69) is 27.6 Å². The molecule has 178 valence electrons. The number of nitrogens with one attached hydrogen (secondary N) is 2. The van der Waals surface area contributed by atoms with E-state index in [4.69, 9.17) is 4.74 Å². The van der Waals surface area contributed by atoms with Crippen molar-refractivity contribution in [1.82, 2.24) is 15.1 Å². The third-order valence-electron chi connectivity index (χ3n) is 5.12. The van der Waals surface area contributed by atoms with Gasteiger partial charge in [0, 0.05) is 29.6 Å². The van der Waals surface area contributed by atoms with Gasteiger partial charge >= 0.3 is 5.97 Å². The number of amides is 1. The number of aryl methyl sites for hydroxylation is 3. The lowest BCUT2D eigenvalue weighted by Crippen LogP contribution is -2.36. The van der Waals surface area contributed by atoms with Crippen molar-refractivity contribution in [1.29, 1.82) is 0 Å². The molecule has 0 aliphatic rings. The van der Waals surface area contributed by atoms with Crippen molar-refractivity contribution >= 4 is 23.5 Å². The topological polar surface area (TPSA) is 97.6 Å². The highest BCUT2D eigenvalue weighted by atomic mass is 19.1. The molecule has 1 amide bonds. The number of halogens is 1. The first-order valence-electron chi connectivity index (χ1n) is 10.9. The highest BCUT2D eigenvalue weighted by Gasteiger charge is 2.13. The molecule has 0 radical (unpaired) electrons. The molecule has 0 spiro atoms. The van der Waals surface area contributed by atoms with Crippen LogP contribution in [0.1, 0.15) is 50.9 Å². The first-order valence-corrected chi connectivity index (χ1v) is 10.9. The number of hydrogen-bond acceptors (Lipinski definition) is 5. The molecule has 2 N–H and O–H groups in total. The zero-order valence-corrected chi connectivity index (χ0v) is 19.7. The fraction of sp³-hybridized carbons (Fsp3) is 0.280. The van der Waals surface area contributed by atoms with Crippen LogP contribution in [0.5, 0.6) is 0 Å². The van der Waals surface area contributed by atoms with E-state index in [0.29, 0.717) is 16.8 Å². The van der Waals surface area contributed by atoms with Crippen molar-refractivity contribution in [2.24, 2.45) is 4.99 Å². The lowest BCUT2D eigenvalue weighted by Gasteiger charge is -2.13. The third-order valence-corrected chi connectivity index (χ3v) is 5.12. The van der Waals surface area contributed by atoms with Crippen LogP contribution in [0.4, 0.5) is 10.1 Å². The van der Waals surface area contributed by atoms with E-state index in [1.54, 1.807) is 43.3 Å². The van der Waals surface area contributed by atoms with Crippen molar-refractivity contribution < 1.29 is 18.7 Å². The van der Waals surface area contributed by atoms with Crippen LogP contribution >= 0.6 is 0 Å². The van der Waals surface area contributed by atoms with E-state index in [1.165, 1.54) is 13.2 Å². The number of hydrogen-bond donors (Lipinski definition) is 2. The van der Waals surface area contributed by atoms with E-state index >= 15 is 0 Å². The van der Waals surface area contributed by atoms with Gasteiger partial charge in [-0.15, -0.1) is 0 Å². The predicted molar refractivity (Wildman–Crippen MR) is 128 cm³/mol. The maximum atomic E-state index is 14.0. The third kappa shape index (κ3) is 6.28. The Morgan fingerprint density at radius 2 is 1.94 bits per heavy atom. The van der Waals surface area contributed by atoms with Crippen molar-refractivity contribution in [3.63, 3.8) is 0 Å². The number of aromatic nitrogens is 2. The number of methoxy groups -OCH3 is 1. The van der Waals surface area contributed by atoms with Gasteiger partial charge in [0.25, 0.3) is 5.91 Å². The molecule has 1 heterocycles. The van der Waals surface area contributed by atoms with E-state index in [9.17, 15) is 14.0 Å². The van der Waals surface area contributed by atoms with Crippen molar-refractivity contribution in [2.45, 2.75) is 40.3 Å². The van der Waals surface area contributed by atoms with E-state index in [1.807, 2.05) is 17.8 Å². The van der Waals surface area contributed by atoms with Crippen LogP contribution in [-0.2, 0) is 17.8 Å². The van der Waals surface area contributed by atoms with E-state index in [0.717, 1.165) is 24.2 Å². The van der Waals surface area contributed by atoms with Crippen LogP contribution in [0.15, 0.2) is 53.7 Å². The molecule has 0 aliphatic heterocycles. The minimum Gasteiger partial charge on any atom is -0.465 e. The minimum absolute atomic E-state index is 0.149. The van der Waals surface area contributed by atoms with Gasteiger partial charge in [-0.25, -0.2) is 14.2 Å². The van der Waals surface area contributed by atoms with Crippen LogP contribution in [0.25, 0.3) is 0 Å². The summed E-state index contributed by atoms with van der Waals surface area (Å²) in [6, 6.07) is 10.9. The first-order chi connectivity index (χ1) is 16.3. The van der Waals surface area contributed by atoms with Gasteiger partial charge in [0.15, 0.2) is 0 Å². The summed E-state index contributed by atoms with van der Waals surface area (Å²) in [6.07, 6.45) is 2.88. The Kier molecular flexibility index (Phi) is 8.13. The molecule has 0 aliphatic carbocycles. The summed E-state index contributed by atoms with van der Waals surface area (Å²) >= 11 is 0. The number of carbonyl (C=O) groups is 2. The first kappa shape index (κ1) is 24.6. The molecule has 3 rings (SSSR count). The fourth-order valence-electron chi connectivity index (χ4n) is 3.22. The molecule has 0 saturated heterocycles. The maximum absolute atomic E-state index is 14.0. The summed E-state index contributed by atoms with van der Waals surface area (Å²) in [5, 5.41) is 10.2. The maximum Gasteiger partial charge on any atom is 0.337 e. The number of guanidine groups is 1. The smallest absolute Gasteiger partial charge is 0.337 e. The van der Waals surface area contributed by atoms with Crippen LogP contribution in [0.2, 0.25) is 0 Å². The Morgan fingerprint density at radius 1 is 1.15 bits per heavy atom. The van der Waals surface area contributed by atoms with Crippen molar-refractivity contribution in [3.8, 4) is 0 Å². The van der Waals surface area contributed by atoms with E-state index in [-0.39, 0.29) is 18.1 Å². The van der Waals surface area contributed by atoms with Gasteiger partial charge in [0.05, 0.1) is 24.9 Å². The fourth-order valence-corrected chi connectivity index (χ4v) is 3.22. The summed E-state index contributed by atoms with van der Waals surface area (Å²) in [7, 11) is 1.30. The van der Waals surface area contributed by atoms with Crippen LogP contribution in [-0.4, -0.2) is 34.7 Å². The normalized spacial score (nSPS) is 11.3. The van der Waals surface area contributed by atoms with Crippen LogP contribution in [0.3, 0.4) is 0 Å². The van der Waals surface area contributed by atoms with Gasteiger partial charge in [-0.1, -0.05) is 19.1 Å². The molecule has 0 unspecified atom stereocenters. The number of nitrogens with zero attached hydrogens (tertiary/aromatic N) is 3. The van der Waals surface area contributed by atoms with Crippen LogP contribution < -0.4 is 10.6 Å². The Labute approximate surface area is 197 Å². The van der Waals surface area contributed by atoms with Crippen molar-refractivity contribution in [3.05, 3.63) is 82.4 Å². The summed E-state index contributed by atoms with van der Waals surface area (Å²) in [5.41, 5.74) is 3.23. The van der Waals surface area contributed by atoms with E-state index < -0.39 is 17.7 Å². The molecule has 34 heavy (non-hydrogen) atoms. The number of aliphatic imine (C=N–C) groups is 1. The predicted octanol–water partition coefficient (Wildman–Crippen LogP) is 4.23. The Bertz CT molecular complexity index is 1220. The molecule has 0 saturated carbocycles. The molecule has 0 fully saturated rings. The number of esters is 1.